The zero-order valence-electron chi connectivity index (χ0n) is 13.3. The second-order valence-electron chi connectivity index (χ2n) is 5.78. The van der Waals surface area contributed by atoms with Crippen LogP contribution in [0.3, 0.4) is 0 Å². The van der Waals surface area contributed by atoms with E-state index in [2.05, 4.69) is 10.0 Å². The van der Waals surface area contributed by atoms with Crippen LogP contribution < -0.4 is 10.0 Å². The number of aryl methyl sites for hydroxylation is 2. The molecule has 120 valence electrons. The van der Waals surface area contributed by atoms with E-state index < -0.39 is 15.3 Å². The van der Waals surface area contributed by atoms with E-state index in [4.69, 9.17) is 0 Å². The summed E-state index contributed by atoms with van der Waals surface area (Å²) in [6.07, 6.45) is 0. The molecule has 21 heavy (non-hydrogen) atoms. The van der Waals surface area contributed by atoms with Gasteiger partial charge in [-0.25, -0.2) is 17.5 Å². The van der Waals surface area contributed by atoms with Crippen LogP contribution in [0.15, 0.2) is 12.1 Å². The summed E-state index contributed by atoms with van der Waals surface area (Å²) in [4.78, 5) is 0. The van der Waals surface area contributed by atoms with E-state index in [1.807, 2.05) is 13.8 Å². The van der Waals surface area contributed by atoms with Gasteiger partial charge in [-0.2, -0.15) is 0 Å². The standard InChI is InChI=1S/C15H25FN2O2S/c1-10(2)17-8-13(5)21(19,20)18-9-14-6-11(3)15(16)12(4)7-14/h6-7,10,13,17-18H,8-9H2,1-5H3. The highest BCUT2D eigenvalue weighted by molar-refractivity contribution is 7.90. The number of hydrogen-bond donors (Lipinski definition) is 2. The zero-order valence-corrected chi connectivity index (χ0v) is 14.1. The molecular formula is C15H25FN2O2S. The van der Waals surface area contributed by atoms with Crippen molar-refractivity contribution in [3.8, 4) is 0 Å². The Morgan fingerprint density at radius 3 is 2.14 bits per heavy atom. The molecule has 1 aromatic rings. The highest BCUT2D eigenvalue weighted by Gasteiger charge is 2.20. The predicted octanol–water partition coefficient (Wildman–Crippen LogP) is 2.25. The van der Waals surface area contributed by atoms with Crippen molar-refractivity contribution >= 4 is 10.0 Å². The van der Waals surface area contributed by atoms with Crippen molar-refractivity contribution in [2.45, 2.75) is 52.5 Å². The van der Waals surface area contributed by atoms with Crippen molar-refractivity contribution in [3.63, 3.8) is 0 Å². The molecule has 2 N–H and O–H groups in total. The van der Waals surface area contributed by atoms with E-state index in [1.165, 1.54) is 0 Å². The van der Waals surface area contributed by atoms with Crippen LogP contribution >= 0.6 is 0 Å². The van der Waals surface area contributed by atoms with Crippen LogP contribution in [0.25, 0.3) is 0 Å². The molecule has 1 unspecified atom stereocenters. The van der Waals surface area contributed by atoms with E-state index in [1.54, 1.807) is 32.9 Å². The lowest BCUT2D eigenvalue weighted by Crippen LogP contribution is -2.40. The van der Waals surface area contributed by atoms with Crippen molar-refractivity contribution < 1.29 is 12.8 Å². The van der Waals surface area contributed by atoms with Gasteiger partial charge in [-0.15, -0.1) is 0 Å². The zero-order chi connectivity index (χ0) is 16.2. The number of benzene rings is 1. The van der Waals surface area contributed by atoms with Gasteiger partial charge in [-0.1, -0.05) is 26.0 Å². The molecule has 4 nitrogen and oxygen atoms in total. The highest BCUT2D eigenvalue weighted by Crippen LogP contribution is 2.15. The van der Waals surface area contributed by atoms with Crippen molar-refractivity contribution in [1.29, 1.82) is 0 Å². The average molecular weight is 316 g/mol. The van der Waals surface area contributed by atoms with Gasteiger partial charge in [-0.05, 0) is 37.5 Å². The minimum absolute atomic E-state index is 0.177. The van der Waals surface area contributed by atoms with Crippen molar-refractivity contribution in [1.82, 2.24) is 10.0 Å². The monoisotopic (exact) mass is 316 g/mol. The molecule has 0 heterocycles. The first kappa shape index (κ1) is 18.1. The Hall–Kier alpha value is -0.980. The largest absolute Gasteiger partial charge is 0.313 e. The molecule has 1 atom stereocenters. The van der Waals surface area contributed by atoms with Crippen molar-refractivity contribution in [3.05, 3.63) is 34.6 Å². The van der Waals surface area contributed by atoms with Gasteiger partial charge in [0.1, 0.15) is 5.82 Å². The van der Waals surface area contributed by atoms with E-state index >= 15 is 0 Å². The van der Waals surface area contributed by atoms with Crippen LogP contribution in [0.1, 0.15) is 37.5 Å². The Morgan fingerprint density at radius 2 is 1.67 bits per heavy atom. The smallest absolute Gasteiger partial charge is 0.215 e. The van der Waals surface area contributed by atoms with Gasteiger partial charge in [0, 0.05) is 19.1 Å². The van der Waals surface area contributed by atoms with Crippen LogP contribution in [0.5, 0.6) is 0 Å². The molecular weight excluding hydrogens is 291 g/mol. The first-order chi connectivity index (χ1) is 9.63. The third-order valence-corrected chi connectivity index (χ3v) is 5.09. The first-order valence-corrected chi connectivity index (χ1v) is 8.65. The normalized spacial score (nSPS) is 13.7. The van der Waals surface area contributed by atoms with Crippen LogP contribution in [-0.4, -0.2) is 26.3 Å². The quantitative estimate of drug-likeness (QED) is 0.811. The molecule has 0 aliphatic carbocycles. The van der Waals surface area contributed by atoms with Gasteiger partial charge in [-0.3, -0.25) is 0 Å². The van der Waals surface area contributed by atoms with Gasteiger partial charge in [0.25, 0.3) is 0 Å². The Morgan fingerprint density at radius 1 is 1.14 bits per heavy atom. The maximum Gasteiger partial charge on any atom is 0.215 e. The second-order valence-corrected chi connectivity index (χ2v) is 7.97. The summed E-state index contributed by atoms with van der Waals surface area (Å²) in [5, 5.41) is 2.58. The van der Waals surface area contributed by atoms with Crippen molar-refractivity contribution in [2.24, 2.45) is 0 Å². The van der Waals surface area contributed by atoms with Crippen LogP contribution in [0, 0.1) is 19.7 Å². The maximum absolute atomic E-state index is 13.5. The van der Waals surface area contributed by atoms with Gasteiger partial charge < -0.3 is 5.32 Å². The summed E-state index contributed by atoms with van der Waals surface area (Å²) >= 11 is 0. The van der Waals surface area contributed by atoms with E-state index in [0.29, 0.717) is 17.7 Å². The molecule has 1 rings (SSSR count). The topological polar surface area (TPSA) is 58.2 Å². The third-order valence-electron chi connectivity index (χ3n) is 3.32. The summed E-state index contributed by atoms with van der Waals surface area (Å²) in [6.45, 7) is 9.53. The van der Waals surface area contributed by atoms with Gasteiger partial charge >= 0.3 is 0 Å². The number of rotatable bonds is 7. The summed E-state index contributed by atoms with van der Waals surface area (Å²) in [6, 6.07) is 3.58. The van der Waals surface area contributed by atoms with Gasteiger partial charge in [0.15, 0.2) is 0 Å². The SMILES string of the molecule is Cc1cc(CNS(=O)(=O)C(C)CNC(C)C)cc(C)c1F. The number of sulfonamides is 1. The minimum atomic E-state index is -3.40. The fraction of sp³-hybridized carbons (Fsp3) is 0.600. The number of nitrogens with one attached hydrogen (secondary N) is 2. The Balaban J connectivity index is 2.69. The molecule has 6 heteroatoms. The van der Waals surface area contributed by atoms with E-state index in [9.17, 15) is 12.8 Å². The molecule has 0 aliphatic rings. The van der Waals surface area contributed by atoms with E-state index in [0.717, 1.165) is 5.56 Å². The second kappa shape index (κ2) is 7.33. The summed E-state index contributed by atoms with van der Waals surface area (Å²) in [5.41, 5.74) is 1.82. The number of hydrogen-bond acceptors (Lipinski definition) is 3. The molecule has 0 spiro atoms. The van der Waals surface area contributed by atoms with Gasteiger partial charge in [0.2, 0.25) is 10.0 Å². The summed E-state index contributed by atoms with van der Waals surface area (Å²) in [5.74, 6) is -0.240. The molecule has 0 saturated carbocycles. The van der Waals surface area contributed by atoms with Crippen LogP contribution in [0.2, 0.25) is 0 Å². The van der Waals surface area contributed by atoms with Crippen LogP contribution in [0.4, 0.5) is 4.39 Å². The molecule has 0 radical (unpaired) electrons. The average Bonchev–Trinajstić information content (AvgIpc) is 2.39. The van der Waals surface area contributed by atoms with Gasteiger partial charge in [0.05, 0.1) is 5.25 Å². The maximum atomic E-state index is 13.5. The first-order valence-electron chi connectivity index (χ1n) is 7.11. The lowest BCUT2D eigenvalue weighted by Gasteiger charge is -2.16. The Bertz CT molecular complexity index is 562. The summed E-state index contributed by atoms with van der Waals surface area (Å²) < 4.78 is 40.4. The lowest BCUT2D eigenvalue weighted by molar-refractivity contribution is 0.540. The molecule has 0 bridgehead atoms. The highest BCUT2D eigenvalue weighted by atomic mass is 32.2. The molecule has 1 aromatic carbocycles. The van der Waals surface area contributed by atoms with Crippen molar-refractivity contribution in [2.75, 3.05) is 6.54 Å². The third kappa shape index (κ3) is 5.37. The van der Waals surface area contributed by atoms with Crippen LogP contribution in [-0.2, 0) is 16.6 Å². The summed E-state index contributed by atoms with van der Waals surface area (Å²) in [7, 11) is -3.40. The molecule has 0 aliphatic heterocycles. The predicted molar refractivity (Wildman–Crippen MR) is 84.2 cm³/mol. The molecule has 0 amide bonds. The molecule has 0 saturated heterocycles. The molecule has 0 fully saturated rings. The number of halogens is 1. The minimum Gasteiger partial charge on any atom is -0.313 e. The molecule has 0 aromatic heterocycles. The Labute approximate surface area is 127 Å². The van der Waals surface area contributed by atoms with E-state index in [-0.39, 0.29) is 18.4 Å². The lowest BCUT2D eigenvalue weighted by atomic mass is 10.1. The fourth-order valence-corrected chi connectivity index (χ4v) is 2.94. The Kier molecular flexibility index (Phi) is 6.31. The fourth-order valence-electron chi connectivity index (χ4n) is 1.98.